The molecule has 0 aromatic heterocycles. The van der Waals surface area contributed by atoms with E-state index in [0.717, 1.165) is 37.7 Å². The molecular formula is C16H24N2O. The molecule has 0 saturated heterocycles. The third-order valence-electron chi connectivity index (χ3n) is 4.04. The van der Waals surface area contributed by atoms with Gasteiger partial charge in [0.1, 0.15) is 0 Å². The zero-order valence-corrected chi connectivity index (χ0v) is 11.7. The van der Waals surface area contributed by atoms with Crippen molar-refractivity contribution in [2.45, 2.75) is 51.6 Å². The molecule has 1 aromatic carbocycles. The Hall–Kier alpha value is -1.35. The molecule has 19 heavy (non-hydrogen) atoms. The van der Waals surface area contributed by atoms with Crippen LogP contribution >= 0.6 is 0 Å². The smallest absolute Gasteiger partial charge is 0.223 e. The van der Waals surface area contributed by atoms with Crippen LogP contribution in [0.4, 0.5) is 0 Å². The second kappa shape index (κ2) is 6.71. The van der Waals surface area contributed by atoms with Crippen LogP contribution in [0.1, 0.15) is 43.7 Å². The molecule has 3 nitrogen and oxygen atoms in total. The highest BCUT2D eigenvalue weighted by atomic mass is 16.1. The van der Waals surface area contributed by atoms with Crippen LogP contribution in [0.25, 0.3) is 0 Å². The van der Waals surface area contributed by atoms with Crippen molar-refractivity contribution in [2.24, 2.45) is 11.7 Å². The van der Waals surface area contributed by atoms with Gasteiger partial charge < -0.3 is 11.1 Å². The van der Waals surface area contributed by atoms with E-state index in [0.29, 0.717) is 12.6 Å². The Morgan fingerprint density at radius 3 is 2.32 bits per heavy atom. The second-order valence-electron chi connectivity index (χ2n) is 5.50. The van der Waals surface area contributed by atoms with Gasteiger partial charge in [-0.25, -0.2) is 0 Å². The number of hydrogen-bond donors (Lipinski definition) is 2. The summed E-state index contributed by atoms with van der Waals surface area (Å²) in [5.41, 5.74) is 8.35. The number of hydrogen-bond acceptors (Lipinski definition) is 2. The van der Waals surface area contributed by atoms with Crippen LogP contribution in [0.2, 0.25) is 0 Å². The number of aryl methyl sites for hydroxylation is 1. The van der Waals surface area contributed by atoms with Crippen molar-refractivity contribution in [3.05, 3.63) is 35.4 Å². The summed E-state index contributed by atoms with van der Waals surface area (Å²) in [5, 5.41) is 3.04. The summed E-state index contributed by atoms with van der Waals surface area (Å²) in [6, 6.07) is 8.74. The molecular weight excluding hydrogens is 236 g/mol. The molecule has 0 unspecified atom stereocenters. The summed E-state index contributed by atoms with van der Waals surface area (Å²) in [5.74, 6) is 0.348. The summed E-state index contributed by atoms with van der Waals surface area (Å²) in [6.07, 6.45) is 4.87. The Labute approximate surface area is 115 Å². The van der Waals surface area contributed by atoms with E-state index in [4.69, 9.17) is 5.73 Å². The van der Waals surface area contributed by atoms with Crippen LogP contribution in [0.3, 0.4) is 0 Å². The zero-order chi connectivity index (χ0) is 13.7. The van der Waals surface area contributed by atoms with E-state index in [1.165, 1.54) is 5.56 Å². The van der Waals surface area contributed by atoms with Crippen molar-refractivity contribution in [2.75, 3.05) is 0 Å². The normalized spacial score (nSPS) is 23.1. The number of carbonyl (C=O) groups is 1. The molecule has 0 radical (unpaired) electrons. The quantitative estimate of drug-likeness (QED) is 0.873. The lowest BCUT2D eigenvalue weighted by Gasteiger charge is -2.25. The second-order valence-corrected chi connectivity index (χ2v) is 5.50. The van der Waals surface area contributed by atoms with Gasteiger partial charge in [0.15, 0.2) is 0 Å². The van der Waals surface area contributed by atoms with Crippen molar-refractivity contribution in [3.63, 3.8) is 0 Å². The Morgan fingerprint density at radius 2 is 1.74 bits per heavy atom. The molecule has 0 spiro atoms. The number of carbonyl (C=O) groups excluding carboxylic acids is 1. The SMILES string of the molecule is CCc1ccc(CNC(=O)C2CCC(N)CC2)cc1. The summed E-state index contributed by atoms with van der Waals surface area (Å²) < 4.78 is 0. The number of nitrogens with one attached hydrogen (secondary N) is 1. The molecule has 0 aliphatic heterocycles. The van der Waals surface area contributed by atoms with Crippen LogP contribution in [0.15, 0.2) is 24.3 Å². The molecule has 1 saturated carbocycles. The number of benzene rings is 1. The standard InChI is InChI=1S/C16H24N2O/c1-2-12-3-5-13(6-4-12)11-18-16(19)14-7-9-15(17)10-8-14/h3-6,14-15H,2,7-11,17H2,1H3,(H,18,19). The molecule has 1 aliphatic rings. The van der Waals surface area contributed by atoms with E-state index < -0.39 is 0 Å². The maximum absolute atomic E-state index is 12.0. The van der Waals surface area contributed by atoms with Gasteiger partial charge in [-0.3, -0.25) is 4.79 Å². The predicted octanol–water partition coefficient (Wildman–Crippen LogP) is 2.38. The van der Waals surface area contributed by atoms with Gasteiger partial charge in [-0.15, -0.1) is 0 Å². The van der Waals surface area contributed by atoms with E-state index >= 15 is 0 Å². The Balaban J connectivity index is 1.79. The molecule has 104 valence electrons. The predicted molar refractivity (Wildman–Crippen MR) is 77.6 cm³/mol. The molecule has 3 heteroatoms. The van der Waals surface area contributed by atoms with E-state index in [1.54, 1.807) is 0 Å². The number of nitrogens with two attached hydrogens (primary N) is 1. The molecule has 0 atom stereocenters. The van der Waals surface area contributed by atoms with Gasteiger partial charge in [0.25, 0.3) is 0 Å². The first-order valence-electron chi connectivity index (χ1n) is 7.30. The highest BCUT2D eigenvalue weighted by molar-refractivity contribution is 5.78. The third-order valence-corrected chi connectivity index (χ3v) is 4.04. The van der Waals surface area contributed by atoms with E-state index in [9.17, 15) is 4.79 Å². The third kappa shape index (κ3) is 4.06. The molecule has 1 amide bonds. The average molecular weight is 260 g/mol. The summed E-state index contributed by atoms with van der Waals surface area (Å²) >= 11 is 0. The van der Waals surface area contributed by atoms with Gasteiger partial charge in [0, 0.05) is 18.5 Å². The number of amides is 1. The maximum atomic E-state index is 12.0. The van der Waals surface area contributed by atoms with Crippen LogP contribution in [0, 0.1) is 5.92 Å². The molecule has 3 N–H and O–H groups in total. The fourth-order valence-corrected chi connectivity index (χ4v) is 2.61. The Kier molecular flexibility index (Phi) is 4.97. The van der Waals surface area contributed by atoms with Crippen molar-refractivity contribution >= 4 is 5.91 Å². The summed E-state index contributed by atoms with van der Waals surface area (Å²) in [7, 11) is 0. The molecule has 0 bridgehead atoms. The first kappa shape index (κ1) is 14.1. The topological polar surface area (TPSA) is 55.1 Å². The van der Waals surface area contributed by atoms with Gasteiger partial charge in [0.05, 0.1) is 0 Å². The number of rotatable bonds is 4. The Morgan fingerprint density at radius 1 is 1.16 bits per heavy atom. The van der Waals surface area contributed by atoms with Gasteiger partial charge in [-0.1, -0.05) is 31.2 Å². The van der Waals surface area contributed by atoms with Crippen LogP contribution < -0.4 is 11.1 Å². The monoisotopic (exact) mass is 260 g/mol. The largest absolute Gasteiger partial charge is 0.352 e. The molecule has 1 aromatic rings. The van der Waals surface area contributed by atoms with Crippen LogP contribution in [-0.4, -0.2) is 11.9 Å². The lowest BCUT2D eigenvalue weighted by atomic mass is 9.86. The average Bonchev–Trinajstić information content (AvgIpc) is 2.46. The van der Waals surface area contributed by atoms with E-state index in [-0.39, 0.29) is 11.8 Å². The molecule has 0 heterocycles. The molecule has 2 rings (SSSR count). The van der Waals surface area contributed by atoms with Gasteiger partial charge >= 0.3 is 0 Å². The Bertz CT molecular complexity index is 405. The van der Waals surface area contributed by atoms with Crippen molar-refractivity contribution in [1.29, 1.82) is 0 Å². The first-order chi connectivity index (χ1) is 9.19. The lowest BCUT2D eigenvalue weighted by molar-refractivity contribution is -0.126. The zero-order valence-electron chi connectivity index (χ0n) is 11.7. The van der Waals surface area contributed by atoms with Crippen LogP contribution in [-0.2, 0) is 17.8 Å². The maximum Gasteiger partial charge on any atom is 0.223 e. The van der Waals surface area contributed by atoms with Gasteiger partial charge in [-0.05, 0) is 43.2 Å². The van der Waals surface area contributed by atoms with Gasteiger partial charge in [-0.2, -0.15) is 0 Å². The lowest BCUT2D eigenvalue weighted by Crippen LogP contribution is -2.35. The van der Waals surface area contributed by atoms with E-state index in [1.807, 2.05) is 0 Å². The van der Waals surface area contributed by atoms with Crippen molar-refractivity contribution in [3.8, 4) is 0 Å². The summed E-state index contributed by atoms with van der Waals surface area (Å²) in [4.78, 5) is 12.0. The molecule has 1 aliphatic carbocycles. The van der Waals surface area contributed by atoms with Crippen molar-refractivity contribution in [1.82, 2.24) is 5.32 Å². The minimum Gasteiger partial charge on any atom is -0.352 e. The van der Waals surface area contributed by atoms with Crippen molar-refractivity contribution < 1.29 is 4.79 Å². The van der Waals surface area contributed by atoms with Gasteiger partial charge in [0.2, 0.25) is 5.91 Å². The van der Waals surface area contributed by atoms with E-state index in [2.05, 4.69) is 36.5 Å². The fourth-order valence-electron chi connectivity index (χ4n) is 2.61. The highest BCUT2D eigenvalue weighted by Gasteiger charge is 2.24. The first-order valence-corrected chi connectivity index (χ1v) is 7.30. The minimum absolute atomic E-state index is 0.162. The highest BCUT2D eigenvalue weighted by Crippen LogP contribution is 2.23. The summed E-state index contributed by atoms with van der Waals surface area (Å²) in [6.45, 7) is 2.77. The minimum atomic E-state index is 0.162. The van der Waals surface area contributed by atoms with Crippen LogP contribution in [0.5, 0.6) is 0 Å². The fraction of sp³-hybridized carbons (Fsp3) is 0.562. The molecule has 1 fully saturated rings.